The fourth-order valence-corrected chi connectivity index (χ4v) is 4.11. The fraction of sp³-hybridized carbons (Fsp3) is 0.217. The van der Waals surface area contributed by atoms with Crippen molar-refractivity contribution in [2.75, 3.05) is 6.61 Å². The minimum atomic E-state index is 0. The summed E-state index contributed by atoms with van der Waals surface area (Å²) in [5.41, 5.74) is 6.36. The van der Waals surface area contributed by atoms with Gasteiger partial charge in [0.15, 0.2) is 0 Å². The summed E-state index contributed by atoms with van der Waals surface area (Å²) < 4.78 is 8.91. The molecule has 0 aliphatic heterocycles. The third kappa shape index (κ3) is 3.77. The molecule has 0 fully saturated rings. The molecular weight excluding hydrogens is 450 g/mol. The van der Waals surface area contributed by atoms with Crippen molar-refractivity contribution in [1.29, 1.82) is 0 Å². The van der Waals surface area contributed by atoms with E-state index in [1.165, 1.54) is 11.1 Å². The third-order valence-electron chi connectivity index (χ3n) is 5.07. The van der Waals surface area contributed by atoms with Gasteiger partial charge in [-0.2, -0.15) is 5.10 Å². The van der Waals surface area contributed by atoms with Crippen molar-refractivity contribution in [3.8, 4) is 22.7 Å². The van der Waals surface area contributed by atoms with Crippen LogP contribution in [-0.2, 0) is 0 Å². The van der Waals surface area contributed by atoms with E-state index in [-0.39, 0.29) is 12.4 Å². The average Bonchev–Trinajstić information content (AvgIpc) is 2.96. The molecule has 0 radical (unpaired) electrons. The van der Waals surface area contributed by atoms with Gasteiger partial charge in [-0.15, -0.1) is 17.5 Å². The maximum atomic E-state index is 5.59. The van der Waals surface area contributed by atoms with Crippen LogP contribution < -0.4 is 4.74 Å². The monoisotopic (exact) mass is 471 g/mol. The Labute approximate surface area is 185 Å². The van der Waals surface area contributed by atoms with E-state index < -0.39 is 0 Å². The van der Waals surface area contributed by atoms with E-state index in [1.807, 2.05) is 38.1 Å². The number of benzene rings is 2. The molecule has 2 aromatic carbocycles. The Kier molecular flexibility index (Phi) is 6.30. The highest BCUT2D eigenvalue weighted by molar-refractivity contribution is 9.10. The third-order valence-corrected chi connectivity index (χ3v) is 5.60. The summed E-state index contributed by atoms with van der Waals surface area (Å²) >= 11 is 3.51. The van der Waals surface area contributed by atoms with Gasteiger partial charge in [0.1, 0.15) is 11.4 Å². The van der Waals surface area contributed by atoms with Crippen molar-refractivity contribution < 1.29 is 4.74 Å². The Balaban J connectivity index is 0.00000240. The zero-order chi connectivity index (χ0) is 19.8. The molecule has 0 saturated heterocycles. The van der Waals surface area contributed by atoms with Crippen LogP contribution in [0.3, 0.4) is 0 Å². The van der Waals surface area contributed by atoms with Crippen LogP contribution >= 0.6 is 28.3 Å². The van der Waals surface area contributed by atoms with Gasteiger partial charge in [-0.3, -0.25) is 0 Å². The van der Waals surface area contributed by atoms with Gasteiger partial charge in [-0.1, -0.05) is 28.1 Å². The van der Waals surface area contributed by atoms with Crippen molar-refractivity contribution in [2.45, 2.75) is 27.7 Å². The molecule has 6 heteroatoms. The number of ether oxygens (including phenoxy) is 1. The molecule has 0 N–H and O–H groups in total. The Morgan fingerprint density at radius 2 is 1.48 bits per heavy atom. The van der Waals surface area contributed by atoms with Gasteiger partial charge < -0.3 is 9.30 Å². The molecule has 0 spiro atoms. The summed E-state index contributed by atoms with van der Waals surface area (Å²) in [5.74, 6) is 0.883. The largest absolute Gasteiger partial charge is 0.494 e. The van der Waals surface area contributed by atoms with Crippen LogP contribution in [0.15, 0.2) is 53.0 Å². The lowest BCUT2D eigenvalue weighted by atomic mass is 10.0. The molecule has 0 amide bonds. The van der Waals surface area contributed by atoms with Crippen LogP contribution in [-0.4, -0.2) is 21.4 Å². The standard InChI is InChI=1S/C23H22BrN3O.ClH/c1-5-28-20-12-10-19(11-13-20)27-15(3)21-14(2)25-26-23(22(21)16(27)4)17-6-8-18(24)9-7-17;/h6-13H,5H2,1-4H3;1H. The van der Waals surface area contributed by atoms with E-state index in [0.717, 1.165) is 43.9 Å². The molecule has 4 nitrogen and oxygen atoms in total. The first-order valence-electron chi connectivity index (χ1n) is 9.35. The number of halogens is 2. The second-order valence-electron chi connectivity index (χ2n) is 6.82. The molecule has 0 atom stereocenters. The van der Waals surface area contributed by atoms with Gasteiger partial charge in [0.05, 0.1) is 12.3 Å². The van der Waals surface area contributed by atoms with E-state index in [1.54, 1.807) is 0 Å². The Morgan fingerprint density at radius 1 is 0.862 bits per heavy atom. The molecule has 2 aromatic heterocycles. The van der Waals surface area contributed by atoms with Crippen LogP contribution in [0.1, 0.15) is 24.0 Å². The molecule has 0 saturated carbocycles. The molecular formula is C23H23BrClN3O. The molecule has 0 aliphatic carbocycles. The molecule has 150 valence electrons. The van der Waals surface area contributed by atoms with Crippen molar-refractivity contribution in [3.05, 3.63) is 70.1 Å². The highest BCUT2D eigenvalue weighted by Gasteiger charge is 2.20. The van der Waals surface area contributed by atoms with Crippen molar-refractivity contribution in [2.24, 2.45) is 0 Å². The van der Waals surface area contributed by atoms with Crippen LogP contribution in [0.2, 0.25) is 0 Å². The number of rotatable bonds is 4. The highest BCUT2D eigenvalue weighted by Crippen LogP contribution is 2.36. The van der Waals surface area contributed by atoms with Crippen molar-refractivity contribution in [1.82, 2.24) is 14.8 Å². The van der Waals surface area contributed by atoms with Crippen molar-refractivity contribution in [3.63, 3.8) is 0 Å². The minimum absolute atomic E-state index is 0. The van der Waals surface area contributed by atoms with Crippen LogP contribution in [0.5, 0.6) is 5.75 Å². The summed E-state index contributed by atoms with van der Waals surface area (Å²) in [6, 6.07) is 16.4. The van der Waals surface area contributed by atoms with Crippen LogP contribution in [0.25, 0.3) is 27.7 Å². The Hall–Kier alpha value is -2.37. The summed E-state index contributed by atoms with van der Waals surface area (Å²) in [5, 5.41) is 11.3. The van der Waals surface area contributed by atoms with E-state index in [9.17, 15) is 0 Å². The maximum absolute atomic E-state index is 5.59. The van der Waals surface area contributed by atoms with Gasteiger partial charge in [0.2, 0.25) is 0 Å². The number of aromatic nitrogens is 3. The molecule has 0 unspecified atom stereocenters. The lowest BCUT2D eigenvalue weighted by Gasteiger charge is -2.11. The lowest BCUT2D eigenvalue weighted by molar-refractivity contribution is 0.340. The van der Waals surface area contributed by atoms with Gasteiger partial charge in [-0.25, -0.2) is 0 Å². The SMILES string of the molecule is CCOc1ccc(-n2c(C)c3c(C)nnc(-c4ccc(Br)cc4)c3c2C)cc1.Cl. The number of hydrogen-bond acceptors (Lipinski definition) is 3. The van der Waals surface area contributed by atoms with E-state index >= 15 is 0 Å². The topological polar surface area (TPSA) is 39.9 Å². The molecule has 2 heterocycles. The summed E-state index contributed by atoms with van der Waals surface area (Å²) in [7, 11) is 0. The van der Waals surface area contributed by atoms with E-state index in [0.29, 0.717) is 6.61 Å². The molecule has 4 rings (SSSR count). The molecule has 0 bridgehead atoms. The first-order chi connectivity index (χ1) is 13.5. The maximum Gasteiger partial charge on any atom is 0.119 e. The van der Waals surface area contributed by atoms with E-state index in [4.69, 9.17) is 4.74 Å². The summed E-state index contributed by atoms with van der Waals surface area (Å²) in [6.45, 7) is 8.97. The summed E-state index contributed by atoms with van der Waals surface area (Å²) in [6.07, 6.45) is 0. The average molecular weight is 473 g/mol. The zero-order valence-corrected chi connectivity index (χ0v) is 19.3. The second kappa shape index (κ2) is 8.56. The Morgan fingerprint density at radius 3 is 2.10 bits per heavy atom. The smallest absolute Gasteiger partial charge is 0.119 e. The number of aryl methyl sites for hydroxylation is 3. The lowest BCUT2D eigenvalue weighted by Crippen LogP contribution is -1.99. The number of fused-ring (bicyclic) bond motifs is 1. The fourth-order valence-electron chi connectivity index (χ4n) is 3.85. The predicted octanol–water partition coefficient (Wildman–Crippen LogP) is 6.60. The van der Waals surface area contributed by atoms with Gasteiger partial charge >= 0.3 is 0 Å². The normalized spacial score (nSPS) is 10.8. The quantitative estimate of drug-likeness (QED) is 0.336. The first kappa shape index (κ1) is 21.3. The van der Waals surface area contributed by atoms with Gasteiger partial charge in [0.25, 0.3) is 0 Å². The predicted molar refractivity (Wildman–Crippen MR) is 125 cm³/mol. The van der Waals surface area contributed by atoms with Gasteiger partial charge in [0, 0.05) is 37.9 Å². The zero-order valence-electron chi connectivity index (χ0n) is 16.9. The number of hydrogen-bond donors (Lipinski definition) is 0. The van der Waals surface area contributed by atoms with Gasteiger partial charge in [-0.05, 0) is 64.1 Å². The van der Waals surface area contributed by atoms with Crippen LogP contribution in [0.4, 0.5) is 0 Å². The molecule has 4 aromatic rings. The van der Waals surface area contributed by atoms with E-state index in [2.05, 4.69) is 68.8 Å². The number of nitrogens with zero attached hydrogens (tertiary/aromatic N) is 3. The molecule has 0 aliphatic rings. The minimum Gasteiger partial charge on any atom is -0.494 e. The Bertz CT molecular complexity index is 1150. The molecule has 29 heavy (non-hydrogen) atoms. The van der Waals surface area contributed by atoms with Crippen LogP contribution in [0, 0.1) is 20.8 Å². The summed E-state index contributed by atoms with van der Waals surface area (Å²) in [4.78, 5) is 0. The first-order valence-corrected chi connectivity index (χ1v) is 10.1. The highest BCUT2D eigenvalue weighted by atomic mass is 79.9. The second-order valence-corrected chi connectivity index (χ2v) is 7.74. The van der Waals surface area contributed by atoms with Crippen molar-refractivity contribution >= 4 is 39.1 Å².